The maximum absolute atomic E-state index is 12.7. The minimum atomic E-state index is -0.640. The predicted octanol–water partition coefficient (Wildman–Crippen LogP) is 5.10. The van der Waals surface area contributed by atoms with Crippen LogP contribution in [0.2, 0.25) is 0 Å². The van der Waals surface area contributed by atoms with E-state index in [2.05, 4.69) is 5.32 Å². The van der Waals surface area contributed by atoms with Crippen LogP contribution in [-0.2, 0) is 19.0 Å². The molecule has 0 aliphatic rings. The lowest BCUT2D eigenvalue weighted by atomic mass is 10.1. The van der Waals surface area contributed by atoms with Gasteiger partial charge in [0.05, 0.1) is 12.2 Å². The van der Waals surface area contributed by atoms with Gasteiger partial charge in [0.15, 0.2) is 6.79 Å². The molecule has 0 unspecified atom stereocenters. The molecule has 1 amide bonds. The predicted molar refractivity (Wildman–Crippen MR) is 144 cm³/mol. The van der Waals surface area contributed by atoms with Gasteiger partial charge in [-0.2, -0.15) is 0 Å². The molecule has 3 aromatic rings. The molecule has 3 rings (SSSR count). The molecule has 1 heterocycles. The number of carbonyl (C=O) groups excluding carboxylic acids is 3. The molecule has 0 bridgehead atoms. The summed E-state index contributed by atoms with van der Waals surface area (Å²) in [5.41, 5.74) is 1.25. The molecule has 0 saturated heterocycles. The van der Waals surface area contributed by atoms with Crippen molar-refractivity contribution < 1.29 is 38.1 Å². The number of ether oxygens (including phenoxy) is 5. The third-order valence-electron chi connectivity index (χ3n) is 5.03. The Balaban J connectivity index is 1.67. The number of benzene rings is 2. The largest absolute Gasteiger partial charge is 0.490 e. The summed E-state index contributed by atoms with van der Waals surface area (Å²) in [6.07, 6.45) is 2.94. The standard InChI is InChI=1S/C28H29NO8S/c1-4-34-27(31)24-19(2)25(28(32)36-17-16-35-21-8-6-5-7-9-21)38-26(24)29-23(30)15-12-20-10-13-22(14-11-20)37-18-33-3/h5-15H,4,16-18H2,1-3H3,(H,29,30)/b15-12+. The number of hydrogen-bond donors (Lipinski definition) is 1. The number of carbonyl (C=O) groups is 3. The van der Waals surface area contributed by atoms with E-state index in [4.69, 9.17) is 23.7 Å². The van der Waals surface area contributed by atoms with E-state index in [1.54, 1.807) is 56.3 Å². The van der Waals surface area contributed by atoms with E-state index in [1.807, 2.05) is 18.2 Å². The van der Waals surface area contributed by atoms with Gasteiger partial charge in [0.25, 0.3) is 0 Å². The first-order valence-electron chi connectivity index (χ1n) is 11.8. The van der Waals surface area contributed by atoms with Gasteiger partial charge in [-0.1, -0.05) is 30.3 Å². The zero-order valence-corrected chi connectivity index (χ0v) is 22.2. The first kappa shape index (κ1) is 28.4. The summed E-state index contributed by atoms with van der Waals surface area (Å²) in [6.45, 7) is 3.74. The number of rotatable bonds is 13. The van der Waals surface area contributed by atoms with E-state index >= 15 is 0 Å². The van der Waals surface area contributed by atoms with Crippen molar-refractivity contribution in [2.45, 2.75) is 13.8 Å². The highest BCUT2D eigenvalue weighted by atomic mass is 32.1. The highest BCUT2D eigenvalue weighted by molar-refractivity contribution is 7.18. The molecule has 200 valence electrons. The number of nitrogens with one attached hydrogen (secondary N) is 1. The van der Waals surface area contributed by atoms with Gasteiger partial charge in [0.2, 0.25) is 5.91 Å². The van der Waals surface area contributed by atoms with Crippen molar-refractivity contribution in [2.75, 3.05) is 39.0 Å². The maximum atomic E-state index is 12.7. The molecule has 0 fully saturated rings. The van der Waals surface area contributed by atoms with Crippen LogP contribution in [0.1, 0.15) is 38.1 Å². The van der Waals surface area contributed by atoms with Crippen molar-refractivity contribution >= 4 is 40.3 Å². The van der Waals surface area contributed by atoms with Crippen LogP contribution in [0.3, 0.4) is 0 Å². The van der Waals surface area contributed by atoms with Gasteiger partial charge in [0.1, 0.15) is 34.6 Å². The lowest BCUT2D eigenvalue weighted by Crippen LogP contribution is -2.13. The van der Waals surface area contributed by atoms with Gasteiger partial charge in [-0.3, -0.25) is 4.79 Å². The lowest BCUT2D eigenvalue weighted by molar-refractivity contribution is -0.111. The van der Waals surface area contributed by atoms with Crippen molar-refractivity contribution in [1.82, 2.24) is 0 Å². The van der Waals surface area contributed by atoms with Gasteiger partial charge >= 0.3 is 11.9 Å². The van der Waals surface area contributed by atoms with Crippen LogP contribution in [0, 0.1) is 6.92 Å². The van der Waals surface area contributed by atoms with Crippen molar-refractivity contribution in [3.8, 4) is 11.5 Å². The molecule has 0 saturated carbocycles. The quantitative estimate of drug-likeness (QED) is 0.138. The zero-order valence-electron chi connectivity index (χ0n) is 21.4. The topological polar surface area (TPSA) is 109 Å². The Kier molecular flexibility index (Phi) is 10.9. The molecule has 2 aromatic carbocycles. The van der Waals surface area contributed by atoms with E-state index in [9.17, 15) is 14.4 Å². The lowest BCUT2D eigenvalue weighted by Gasteiger charge is -2.07. The highest BCUT2D eigenvalue weighted by Gasteiger charge is 2.27. The number of anilines is 1. The average molecular weight is 540 g/mol. The number of methoxy groups -OCH3 is 1. The molecule has 0 atom stereocenters. The van der Waals surface area contributed by atoms with Crippen LogP contribution >= 0.6 is 11.3 Å². The summed E-state index contributed by atoms with van der Waals surface area (Å²) < 4.78 is 26.2. The van der Waals surface area contributed by atoms with Crippen molar-refractivity contribution in [1.29, 1.82) is 0 Å². The minimum absolute atomic E-state index is 0.0134. The van der Waals surface area contributed by atoms with Crippen molar-refractivity contribution in [3.05, 3.63) is 82.2 Å². The SMILES string of the molecule is CCOC(=O)c1c(NC(=O)/C=C/c2ccc(OCOC)cc2)sc(C(=O)OCCOc2ccccc2)c1C. The van der Waals surface area contributed by atoms with Crippen LogP contribution < -0.4 is 14.8 Å². The van der Waals surface area contributed by atoms with Crippen molar-refractivity contribution in [2.24, 2.45) is 0 Å². The Morgan fingerprint density at radius 2 is 1.61 bits per heavy atom. The molecule has 38 heavy (non-hydrogen) atoms. The summed E-state index contributed by atoms with van der Waals surface area (Å²) in [5, 5.41) is 2.88. The Morgan fingerprint density at radius 3 is 2.29 bits per heavy atom. The fourth-order valence-corrected chi connectivity index (χ4v) is 4.34. The van der Waals surface area contributed by atoms with E-state index in [0.717, 1.165) is 16.9 Å². The first-order chi connectivity index (χ1) is 18.4. The van der Waals surface area contributed by atoms with Gasteiger partial charge < -0.3 is 29.0 Å². The number of amides is 1. The Labute approximate surface area is 224 Å². The maximum Gasteiger partial charge on any atom is 0.348 e. The van der Waals surface area contributed by atoms with Crippen molar-refractivity contribution in [3.63, 3.8) is 0 Å². The summed E-state index contributed by atoms with van der Waals surface area (Å²) >= 11 is 0.952. The molecule has 0 radical (unpaired) electrons. The molecular weight excluding hydrogens is 510 g/mol. The van der Waals surface area contributed by atoms with Crippen LogP contribution in [0.25, 0.3) is 6.08 Å². The van der Waals surface area contributed by atoms with E-state index in [0.29, 0.717) is 17.1 Å². The monoisotopic (exact) mass is 539 g/mol. The second-order valence-electron chi connectivity index (χ2n) is 7.72. The number of thiophene rings is 1. The van der Waals surface area contributed by atoms with E-state index in [-0.39, 0.29) is 42.1 Å². The fourth-order valence-electron chi connectivity index (χ4n) is 3.25. The Bertz CT molecular complexity index is 1250. The number of para-hydroxylation sites is 1. The van der Waals surface area contributed by atoms with Crippen LogP contribution in [0.5, 0.6) is 11.5 Å². The summed E-state index contributed by atoms with van der Waals surface area (Å²) in [4.78, 5) is 38.2. The van der Waals surface area contributed by atoms with E-state index in [1.165, 1.54) is 13.2 Å². The normalized spacial score (nSPS) is 10.7. The van der Waals surface area contributed by atoms with Gasteiger partial charge in [-0.05, 0) is 55.3 Å². The molecule has 1 N–H and O–H groups in total. The molecule has 0 spiro atoms. The molecule has 0 aliphatic carbocycles. The molecule has 10 heteroatoms. The fraction of sp³-hybridized carbons (Fsp3) is 0.250. The third kappa shape index (κ3) is 8.19. The van der Waals surface area contributed by atoms with Gasteiger partial charge in [-0.15, -0.1) is 11.3 Å². The highest BCUT2D eigenvalue weighted by Crippen LogP contribution is 2.34. The second-order valence-corrected chi connectivity index (χ2v) is 8.74. The Morgan fingerprint density at radius 1 is 0.895 bits per heavy atom. The van der Waals surface area contributed by atoms with Gasteiger partial charge in [0, 0.05) is 13.2 Å². The van der Waals surface area contributed by atoms with Gasteiger partial charge in [-0.25, -0.2) is 9.59 Å². The van der Waals surface area contributed by atoms with E-state index < -0.39 is 17.8 Å². The third-order valence-corrected chi connectivity index (χ3v) is 6.21. The molecular formula is C28H29NO8S. The minimum Gasteiger partial charge on any atom is -0.490 e. The summed E-state index contributed by atoms with van der Waals surface area (Å²) in [7, 11) is 1.53. The van der Waals surface area contributed by atoms with Crippen LogP contribution in [-0.4, -0.2) is 51.6 Å². The second kappa shape index (κ2) is 14.6. The summed E-state index contributed by atoms with van der Waals surface area (Å²) in [5.74, 6) is -0.450. The Hall–Kier alpha value is -4.15. The molecule has 0 aliphatic heterocycles. The molecule has 9 nitrogen and oxygen atoms in total. The zero-order chi connectivity index (χ0) is 27.3. The number of hydrogen-bond acceptors (Lipinski definition) is 9. The van der Waals surface area contributed by atoms with Crippen LogP contribution in [0.4, 0.5) is 5.00 Å². The van der Waals surface area contributed by atoms with Crippen LogP contribution in [0.15, 0.2) is 60.7 Å². The smallest absolute Gasteiger partial charge is 0.348 e. The summed E-state index contributed by atoms with van der Waals surface area (Å²) in [6, 6.07) is 16.2. The average Bonchev–Trinajstić information content (AvgIpc) is 3.25. The molecule has 1 aromatic heterocycles. The number of esters is 2. The first-order valence-corrected chi connectivity index (χ1v) is 12.6.